The van der Waals surface area contributed by atoms with Crippen molar-refractivity contribution in [2.45, 2.75) is 31.8 Å². The maximum absolute atomic E-state index is 14.4. The molecule has 1 saturated heterocycles. The molecule has 1 aliphatic heterocycles. The van der Waals surface area contributed by atoms with E-state index in [0.29, 0.717) is 43.4 Å². The molecule has 2 N–H and O–H groups in total. The molecule has 7 heteroatoms. The van der Waals surface area contributed by atoms with Crippen LogP contribution in [0.3, 0.4) is 0 Å². The summed E-state index contributed by atoms with van der Waals surface area (Å²) < 4.78 is 27.8. The molecule has 156 valence electrons. The van der Waals surface area contributed by atoms with Crippen molar-refractivity contribution < 1.29 is 13.9 Å². The van der Waals surface area contributed by atoms with Gasteiger partial charge in [0.15, 0.2) is 0 Å². The Labute approximate surface area is 180 Å². The fraction of sp³-hybridized carbons (Fsp3) is 0.304. The Hall–Kier alpha value is -2.77. The highest BCUT2D eigenvalue weighted by Crippen LogP contribution is 2.37. The molecule has 2 heterocycles. The van der Waals surface area contributed by atoms with Crippen LogP contribution >= 0.6 is 12.2 Å². The van der Waals surface area contributed by atoms with Gasteiger partial charge in [0.2, 0.25) is 0 Å². The summed E-state index contributed by atoms with van der Waals surface area (Å²) in [6.07, 6.45) is 4.97. The third-order valence-electron chi connectivity index (χ3n) is 5.69. The monoisotopic (exact) mass is 425 g/mol. The first-order valence-electron chi connectivity index (χ1n) is 9.89. The third-order valence-corrected chi connectivity index (χ3v) is 6.08. The van der Waals surface area contributed by atoms with Gasteiger partial charge < -0.3 is 19.8 Å². The second kappa shape index (κ2) is 8.53. The van der Waals surface area contributed by atoms with Gasteiger partial charge in [-0.05, 0) is 55.2 Å². The van der Waals surface area contributed by atoms with Gasteiger partial charge in [-0.2, -0.15) is 0 Å². The van der Waals surface area contributed by atoms with Gasteiger partial charge in [0.1, 0.15) is 24.0 Å². The van der Waals surface area contributed by atoms with Crippen molar-refractivity contribution in [2.75, 3.05) is 13.2 Å². The van der Waals surface area contributed by atoms with Gasteiger partial charge in [-0.15, -0.1) is 0 Å². The minimum absolute atomic E-state index is 0.329. The summed E-state index contributed by atoms with van der Waals surface area (Å²) in [7, 11) is 0. The predicted molar refractivity (Wildman–Crippen MR) is 118 cm³/mol. The molecular weight excluding hydrogens is 401 g/mol. The Bertz CT molecular complexity index is 1040. The van der Waals surface area contributed by atoms with Gasteiger partial charge in [-0.25, -0.2) is 9.37 Å². The molecule has 0 spiro atoms. The normalized spacial score (nSPS) is 15.7. The number of aryl methyl sites for hydroxylation is 1. The van der Waals surface area contributed by atoms with E-state index < -0.39 is 5.41 Å². The van der Waals surface area contributed by atoms with Crippen LogP contribution in [0.2, 0.25) is 0 Å². The van der Waals surface area contributed by atoms with Crippen LogP contribution in [-0.2, 0) is 16.8 Å². The second-order valence-electron chi connectivity index (χ2n) is 7.53. The van der Waals surface area contributed by atoms with Crippen molar-refractivity contribution in [3.63, 3.8) is 0 Å². The number of aromatic nitrogens is 2. The van der Waals surface area contributed by atoms with Crippen LogP contribution < -0.4 is 10.5 Å². The number of hydrogen-bond donors (Lipinski definition) is 1. The molecule has 1 aliphatic rings. The molecule has 3 aromatic rings. The Morgan fingerprint density at radius 2 is 1.97 bits per heavy atom. The standard InChI is InChI=1S/C23H24FN3O2S/c1-16-26-8-9-27(16)20-4-2-17(3-5-20)15-29-21-13-18(12-19(24)14-21)23(22(25)30)6-10-28-11-7-23/h2-5,8-9,12-14H,6-7,10-11,15H2,1H3,(H2,25,30). The van der Waals surface area contributed by atoms with Crippen LogP contribution in [0, 0.1) is 12.7 Å². The lowest BCUT2D eigenvalue weighted by atomic mass is 9.74. The third kappa shape index (κ3) is 4.08. The Morgan fingerprint density at radius 3 is 2.60 bits per heavy atom. The van der Waals surface area contributed by atoms with Gasteiger partial charge in [-0.1, -0.05) is 24.4 Å². The van der Waals surface area contributed by atoms with E-state index in [9.17, 15) is 4.39 Å². The lowest BCUT2D eigenvalue weighted by Crippen LogP contribution is -2.44. The zero-order chi connectivity index (χ0) is 21.1. The first-order chi connectivity index (χ1) is 14.5. The molecule has 1 fully saturated rings. The fourth-order valence-corrected chi connectivity index (χ4v) is 4.21. The zero-order valence-electron chi connectivity index (χ0n) is 16.8. The van der Waals surface area contributed by atoms with Gasteiger partial charge in [0.05, 0.1) is 4.99 Å². The van der Waals surface area contributed by atoms with Crippen LogP contribution in [-0.4, -0.2) is 27.8 Å². The minimum Gasteiger partial charge on any atom is -0.489 e. The molecule has 2 aromatic carbocycles. The van der Waals surface area contributed by atoms with E-state index in [1.54, 1.807) is 6.20 Å². The molecule has 30 heavy (non-hydrogen) atoms. The van der Waals surface area contributed by atoms with E-state index in [4.69, 9.17) is 27.4 Å². The van der Waals surface area contributed by atoms with Gasteiger partial charge in [0.25, 0.3) is 0 Å². The number of nitrogens with zero attached hydrogens (tertiary/aromatic N) is 2. The molecule has 0 bridgehead atoms. The van der Waals surface area contributed by atoms with E-state index in [2.05, 4.69) is 4.98 Å². The molecule has 0 aliphatic carbocycles. The molecule has 0 radical (unpaired) electrons. The molecule has 0 atom stereocenters. The number of halogens is 1. The summed E-state index contributed by atoms with van der Waals surface area (Å²) in [4.78, 5) is 4.61. The maximum Gasteiger partial charge on any atom is 0.127 e. The zero-order valence-corrected chi connectivity index (χ0v) is 17.6. The van der Waals surface area contributed by atoms with Crippen molar-refractivity contribution in [1.29, 1.82) is 0 Å². The molecule has 4 rings (SSSR count). The average Bonchev–Trinajstić information content (AvgIpc) is 3.18. The van der Waals surface area contributed by atoms with E-state index in [1.807, 2.05) is 48.0 Å². The van der Waals surface area contributed by atoms with Crippen molar-refractivity contribution in [2.24, 2.45) is 5.73 Å². The largest absolute Gasteiger partial charge is 0.489 e. The smallest absolute Gasteiger partial charge is 0.127 e. The summed E-state index contributed by atoms with van der Waals surface area (Å²) in [5.41, 5.74) is 8.27. The van der Waals surface area contributed by atoms with Crippen LogP contribution in [0.1, 0.15) is 29.8 Å². The average molecular weight is 426 g/mol. The van der Waals surface area contributed by atoms with Crippen molar-refractivity contribution in [3.05, 3.63) is 77.6 Å². The van der Waals surface area contributed by atoms with Crippen LogP contribution in [0.4, 0.5) is 4.39 Å². The summed E-state index contributed by atoms with van der Waals surface area (Å²) in [6, 6.07) is 12.7. The highest BCUT2D eigenvalue weighted by atomic mass is 32.1. The summed E-state index contributed by atoms with van der Waals surface area (Å²) >= 11 is 5.35. The maximum atomic E-state index is 14.4. The Balaban J connectivity index is 1.51. The molecular formula is C23H24FN3O2S. The van der Waals surface area contributed by atoms with Gasteiger partial charge >= 0.3 is 0 Å². The highest BCUT2D eigenvalue weighted by molar-refractivity contribution is 7.80. The van der Waals surface area contributed by atoms with Gasteiger partial charge in [0, 0.05) is 42.8 Å². The number of hydrogen-bond acceptors (Lipinski definition) is 4. The number of rotatable bonds is 6. The van der Waals surface area contributed by atoms with Gasteiger partial charge in [-0.3, -0.25) is 0 Å². The molecule has 0 unspecified atom stereocenters. The van der Waals surface area contributed by atoms with Crippen molar-refractivity contribution in [1.82, 2.24) is 9.55 Å². The Morgan fingerprint density at radius 1 is 1.23 bits per heavy atom. The van der Waals surface area contributed by atoms with Crippen molar-refractivity contribution >= 4 is 17.2 Å². The molecule has 0 saturated carbocycles. The van der Waals surface area contributed by atoms with Crippen LogP contribution in [0.25, 0.3) is 5.69 Å². The summed E-state index contributed by atoms with van der Waals surface area (Å²) in [6.45, 7) is 3.38. The molecule has 5 nitrogen and oxygen atoms in total. The quantitative estimate of drug-likeness (QED) is 0.599. The van der Waals surface area contributed by atoms with E-state index in [1.165, 1.54) is 12.1 Å². The number of thiocarbonyl (C=S) groups is 1. The lowest BCUT2D eigenvalue weighted by Gasteiger charge is -2.37. The van der Waals surface area contributed by atoms with E-state index >= 15 is 0 Å². The highest BCUT2D eigenvalue weighted by Gasteiger charge is 2.38. The number of benzene rings is 2. The summed E-state index contributed by atoms with van der Waals surface area (Å²) in [5, 5.41) is 0. The first-order valence-corrected chi connectivity index (χ1v) is 10.3. The minimum atomic E-state index is -0.557. The first kappa shape index (κ1) is 20.5. The Kier molecular flexibility index (Phi) is 5.83. The van der Waals surface area contributed by atoms with Crippen molar-refractivity contribution in [3.8, 4) is 11.4 Å². The predicted octanol–water partition coefficient (Wildman–Crippen LogP) is 4.23. The number of imidazole rings is 1. The summed E-state index contributed by atoms with van der Waals surface area (Å²) in [5.74, 6) is 1.02. The van der Waals surface area contributed by atoms with E-state index in [0.717, 1.165) is 22.6 Å². The fourth-order valence-electron chi connectivity index (χ4n) is 3.89. The number of ether oxygens (including phenoxy) is 2. The molecule has 0 amide bonds. The van der Waals surface area contributed by atoms with E-state index in [-0.39, 0.29) is 5.82 Å². The lowest BCUT2D eigenvalue weighted by molar-refractivity contribution is 0.0710. The number of nitrogens with two attached hydrogens (primary N) is 1. The topological polar surface area (TPSA) is 62.3 Å². The molecule has 1 aromatic heterocycles. The second-order valence-corrected chi connectivity index (χ2v) is 7.97. The van der Waals surface area contributed by atoms with Crippen LogP contribution in [0.5, 0.6) is 5.75 Å². The van der Waals surface area contributed by atoms with Crippen LogP contribution in [0.15, 0.2) is 54.9 Å². The SMILES string of the molecule is Cc1nccn1-c1ccc(COc2cc(F)cc(C3(C(N)=S)CCOCC3)c2)cc1.